The number of aliphatic hydroxyl groups excluding tert-OH is 3. The molecule has 3 heterocycles. The summed E-state index contributed by atoms with van der Waals surface area (Å²) in [5, 5.41) is 63.7. The number of nitrogens with one attached hydrogen (secondary N) is 1. The molecule has 3 aliphatic heterocycles. The van der Waals surface area contributed by atoms with E-state index in [9.17, 15) is 35.1 Å². The number of anilines is 1. The summed E-state index contributed by atoms with van der Waals surface area (Å²) in [5.74, 6) is 3.66. The standard InChI is InChI=1S/C59H71NO10/c1-3-43-16-17-46-48-25-35-10-9-13-44(23-35)58(20-7-8-21-58)51(64)29-42-26-38(40-22-36(33-61)24-45(27-40)60-32-34(2)62)14-15-39-31-53(65)70-56-47(39)28-41(55(66)54(56)37-11-5-4-6-12-37)30-52(69-57(42)67)59(43,68)49(46)18-19-50(48)63/h9-10,13,22-24,27-29,34,37-39,43,46,48-49,51-52,60-62,64,66,68H,3-8,11-12,16-21,25-26,30-33H2,1-2H3. The molecule has 0 radical (unpaired) electrons. The third-order valence-electron chi connectivity index (χ3n) is 18.0. The average molecular weight is 954 g/mol. The molecule has 4 aliphatic carbocycles. The van der Waals surface area contributed by atoms with Gasteiger partial charge in [-0.15, -0.1) is 0 Å². The number of hydrogen-bond donors (Lipinski definition) is 6. The highest BCUT2D eigenvalue weighted by Gasteiger charge is 2.59. The molecular formula is C59H71NO10. The Morgan fingerprint density at radius 3 is 2.43 bits per heavy atom. The molecule has 11 heteroatoms. The molecule has 3 aromatic carbocycles. The fourth-order valence-corrected chi connectivity index (χ4v) is 14.4. The average Bonchev–Trinajstić information content (AvgIpc) is 3.87. The number of fused-ring (bicyclic) bond motifs is 8. The van der Waals surface area contributed by atoms with Crippen LogP contribution in [0.25, 0.3) is 0 Å². The Hall–Kier alpha value is -4.99. The van der Waals surface area contributed by atoms with Crippen LogP contribution in [0, 0.1) is 35.5 Å². The summed E-state index contributed by atoms with van der Waals surface area (Å²) in [6.07, 6.45) is 9.52. The minimum atomic E-state index is -1.61. The van der Waals surface area contributed by atoms with Gasteiger partial charge in [0.05, 0.1) is 31.2 Å². The number of benzene rings is 3. The number of ether oxygens (including phenoxy) is 2. The maximum Gasteiger partial charge on any atom is 0.334 e. The minimum absolute atomic E-state index is 0.0147. The van der Waals surface area contributed by atoms with Crippen LogP contribution in [0.2, 0.25) is 0 Å². The summed E-state index contributed by atoms with van der Waals surface area (Å²) in [7, 11) is 0. The smallest absolute Gasteiger partial charge is 0.334 e. The van der Waals surface area contributed by atoms with Crippen LogP contribution in [0.5, 0.6) is 11.5 Å². The summed E-state index contributed by atoms with van der Waals surface area (Å²) < 4.78 is 13.1. The Morgan fingerprint density at radius 2 is 1.67 bits per heavy atom. The second-order valence-electron chi connectivity index (χ2n) is 22.1. The van der Waals surface area contributed by atoms with Gasteiger partial charge in [0.25, 0.3) is 0 Å². The van der Waals surface area contributed by atoms with Crippen LogP contribution in [0.15, 0.2) is 60.2 Å². The molecule has 0 saturated heterocycles. The van der Waals surface area contributed by atoms with E-state index < -0.39 is 59.0 Å². The Kier molecular flexibility index (Phi) is 13.8. The van der Waals surface area contributed by atoms with Crippen molar-refractivity contribution in [2.75, 3.05) is 11.9 Å². The maximum atomic E-state index is 15.8. The number of Topliss-reactive ketones (excluding diaryl/α,β-unsaturated/α-hetero) is 1. The zero-order chi connectivity index (χ0) is 48.9. The Morgan fingerprint density at radius 1 is 0.886 bits per heavy atom. The van der Waals surface area contributed by atoms with Crippen molar-refractivity contribution in [3.8, 4) is 23.3 Å². The first kappa shape index (κ1) is 48.6. The van der Waals surface area contributed by atoms with E-state index in [0.29, 0.717) is 84.2 Å². The van der Waals surface area contributed by atoms with Gasteiger partial charge in [0.2, 0.25) is 0 Å². The number of carbonyl (C=O) groups is 3. The van der Waals surface area contributed by atoms with Crippen LogP contribution >= 0.6 is 0 Å². The molecule has 10 unspecified atom stereocenters. The molecule has 372 valence electrons. The number of aliphatic hydroxyl groups is 4. The lowest BCUT2D eigenvalue weighted by molar-refractivity contribution is -0.212. The summed E-state index contributed by atoms with van der Waals surface area (Å²) >= 11 is 0. The summed E-state index contributed by atoms with van der Waals surface area (Å²) in [4.78, 5) is 43.8. The Balaban J connectivity index is 1.23. The van der Waals surface area contributed by atoms with Gasteiger partial charge in [-0.3, -0.25) is 9.59 Å². The van der Waals surface area contributed by atoms with E-state index in [4.69, 9.17) is 9.47 Å². The molecule has 4 saturated carbocycles. The normalized spacial score (nSPS) is 31.3. The fraction of sp³-hybridized carbons (Fsp3) is 0.576. The van der Waals surface area contributed by atoms with Crippen molar-refractivity contribution in [2.45, 2.75) is 183 Å². The lowest BCUT2D eigenvalue weighted by Crippen LogP contribution is -2.63. The molecule has 1 spiro atoms. The van der Waals surface area contributed by atoms with Crippen LogP contribution in [-0.2, 0) is 44.0 Å². The molecule has 10 rings (SSSR count). The highest BCUT2D eigenvalue weighted by molar-refractivity contribution is 5.89. The first-order valence-electron chi connectivity index (χ1n) is 26.5. The summed E-state index contributed by atoms with van der Waals surface area (Å²) in [6, 6.07) is 15.7. The number of phenolic OH excluding ortho intramolecular Hbond substituents is 1. The lowest BCUT2D eigenvalue weighted by atomic mass is 9.53. The quantitative estimate of drug-likeness (QED) is 0.0756. The molecule has 3 aromatic rings. The zero-order valence-corrected chi connectivity index (χ0v) is 40.9. The first-order chi connectivity index (χ1) is 33.8. The number of aromatic hydroxyl groups is 1. The van der Waals surface area contributed by atoms with E-state index in [1.807, 2.05) is 30.3 Å². The molecule has 6 N–H and O–H groups in total. The number of phenols is 1. The van der Waals surface area contributed by atoms with Crippen molar-refractivity contribution < 1.29 is 49.4 Å². The topological polar surface area (TPSA) is 183 Å². The van der Waals surface area contributed by atoms with E-state index >= 15 is 4.79 Å². The van der Waals surface area contributed by atoms with Gasteiger partial charge in [-0.25, -0.2) is 4.79 Å². The van der Waals surface area contributed by atoms with Gasteiger partial charge >= 0.3 is 11.9 Å². The van der Waals surface area contributed by atoms with Crippen molar-refractivity contribution in [1.82, 2.24) is 0 Å². The third-order valence-corrected chi connectivity index (χ3v) is 18.0. The SMILES string of the molecule is CCC1CCC2C3Cc4cccc(c4)C4(CCCC4)C(O)C=C4CC(c5cc(CO)cc(NCC(C)O)c5)C#CC5CC(=O)Oc6c5cc(c(O)c6C5CCCCC5)CC(OC4=O)C1(O)C2CCC3=O. The van der Waals surface area contributed by atoms with Gasteiger partial charge in [-0.2, -0.15) is 0 Å². The van der Waals surface area contributed by atoms with Crippen LogP contribution in [0.4, 0.5) is 5.69 Å². The molecular weight excluding hydrogens is 883 g/mol. The third kappa shape index (κ3) is 9.01. The molecule has 11 nitrogen and oxygen atoms in total. The molecule has 7 aliphatic rings. The van der Waals surface area contributed by atoms with Gasteiger partial charge in [0.1, 0.15) is 29.0 Å². The molecule has 0 aromatic heterocycles. The first-order valence-corrected chi connectivity index (χ1v) is 26.5. The summed E-state index contributed by atoms with van der Waals surface area (Å²) in [5.41, 5.74) is 3.46. The molecule has 10 atom stereocenters. The Labute approximate surface area is 412 Å². The Bertz CT molecular complexity index is 2590. The minimum Gasteiger partial charge on any atom is -0.507 e. The highest BCUT2D eigenvalue weighted by atomic mass is 16.6. The second-order valence-corrected chi connectivity index (χ2v) is 22.1. The van der Waals surface area contributed by atoms with E-state index in [1.54, 1.807) is 13.0 Å². The number of carbonyl (C=O) groups excluding carboxylic acids is 3. The van der Waals surface area contributed by atoms with Crippen molar-refractivity contribution in [3.05, 3.63) is 99.1 Å². The van der Waals surface area contributed by atoms with Crippen molar-refractivity contribution in [3.63, 3.8) is 0 Å². The highest BCUT2D eigenvalue weighted by Crippen LogP contribution is 2.56. The predicted molar refractivity (Wildman–Crippen MR) is 265 cm³/mol. The van der Waals surface area contributed by atoms with E-state index in [0.717, 1.165) is 62.5 Å². The lowest BCUT2D eigenvalue weighted by Gasteiger charge is -2.56. The molecule has 0 amide bonds. The largest absolute Gasteiger partial charge is 0.507 e. The van der Waals surface area contributed by atoms with Crippen molar-refractivity contribution in [2.24, 2.45) is 23.7 Å². The second kappa shape index (κ2) is 19.9. The fourth-order valence-electron chi connectivity index (χ4n) is 14.4. The molecule has 70 heavy (non-hydrogen) atoms. The monoisotopic (exact) mass is 954 g/mol. The van der Waals surface area contributed by atoms with Gasteiger partial charge in [-0.05, 0) is 140 Å². The number of rotatable bonds is 7. The summed E-state index contributed by atoms with van der Waals surface area (Å²) in [6.45, 7) is 3.70. The van der Waals surface area contributed by atoms with Gasteiger partial charge in [0.15, 0.2) is 0 Å². The van der Waals surface area contributed by atoms with E-state index in [-0.39, 0.29) is 73.2 Å². The van der Waals surface area contributed by atoms with Crippen molar-refractivity contribution in [1.29, 1.82) is 0 Å². The zero-order valence-electron chi connectivity index (χ0n) is 40.9. The van der Waals surface area contributed by atoms with E-state index in [2.05, 4.69) is 42.3 Å². The van der Waals surface area contributed by atoms with Gasteiger partial charge in [-0.1, -0.05) is 87.6 Å². The maximum absolute atomic E-state index is 15.8. The van der Waals surface area contributed by atoms with Crippen LogP contribution in [0.3, 0.4) is 0 Å². The van der Waals surface area contributed by atoms with Crippen LogP contribution < -0.4 is 10.1 Å². The number of ketones is 1. The van der Waals surface area contributed by atoms with Crippen LogP contribution in [0.1, 0.15) is 173 Å². The molecule has 4 fully saturated rings. The van der Waals surface area contributed by atoms with Crippen LogP contribution in [-0.4, -0.2) is 73.7 Å². The number of esters is 2. The van der Waals surface area contributed by atoms with Gasteiger partial charge < -0.3 is 40.3 Å². The molecule has 10 bridgehead atoms. The van der Waals surface area contributed by atoms with Gasteiger partial charge in [0, 0.05) is 59.0 Å². The predicted octanol–water partition coefficient (Wildman–Crippen LogP) is 8.88. The number of hydrogen-bond acceptors (Lipinski definition) is 11. The van der Waals surface area contributed by atoms with Crippen molar-refractivity contribution >= 4 is 23.4 Å². The van der Waals surface area contributed by atoms with E-state index in [1.165, 1.54) is 0 Å².